The Morgan fingerprint density at radius 2 is 1.56 bits per heavy atom. The number of halogens is 4. The molecule has 0 spiro atoms. The number of aryl methyl sites for hydroxylation is 1. The number of fused-ring (bicyclic) bond motifs is 3. The number of aromatic nitrogens is 1. The lowest BCUT2D eigenvalue weighted by Gasteiger charge is -2.36. The summed E-state index contributed by atoms with van der Waals surface area (Å²) in [7, 11) is 0. The van der Waals surface area contributed by atoms with Gasteiger partial charge in [-0.1, -0.05) is 68.7 Å². The van der Waals surface area contributed by atoms with Crippen LogP contribution < -0.4 is 0 Å². The van der Waals surface area contributed by atoms with E-state index in [-0.39, 0.29) is 5.56 Å². The number of nitrogens with zero attached hydrogens (tertiary/aromatic N) is 1. The molecule has 1 aliphatic heterocycles. The van der Waals surface area contributed by atoms with Crippen molar-refractivity contribution in [2.24, 2.45) is 0 Å². The van der Waals surface area contributed by atoms with Crippen LogP contribution >= 0.6 is 0 Å². The fourth-order valence-corrected chi connectivity index (χ4v) is 6.03. The van der Waals surface area contributed by atoms with Gasteiger partial charge in [0.15, 0.2) is 0 Å². The molecule has 2 heterocycles. The monoisotopic (exact) mass is 542 g/mol. The SMILES string of the molecule is C=C(C)CCCCCCCCCCCc1cc(F)c(C2c3[nH]c4ccccc4c3CCN2CC(F)F)c(F)c1. The summed E-state index contributed by atoms with van der Waals surface area (Å²) < 4.78 is 58.0. The Balaban J connectivity index is 1.36. The molecule has 0 radical (unpaired) electrons. The summed E-state index contributed by atoms with van der Waals surface area (Å²) in [5, 5.41) is 0.981. The highest BCUT2D eigenvalue weighted by molar-refractivity contribution is 5.85. The van der Waals surface area contributed by atoms with E-state index in [0.717, 1.165) is 42.1 Å². The van der Waals surface area contributed by atoms with Gasteiger partial charge >= 0.3 is 0 Å². The van der Waals surface area contributed by atoms with Crippen LogP contribution in [0.2, 0.25) is 0 Å². The number of alkyl halides is 2. The van der Waals surface area contributed by atoms with Crippen LogP contribution in [-0.4, -0.2) is 29.4 Å². The molecule has 1 aromatic heterocycles. The summed E-state index contributed by atoms with van der Waals surface area (Å²) >= 11 is 0. The summed E-state index contributed by atoms with van der Waals surface area (Å²) in [5.74, 6) is -1.32. The van der Waals surface area contributed by atoms with Crippen molar-refractivity contribution in [2.75, 3.05) is 13.1 Å². The first-order valence-electron chi connectivity index (χ1n) is 14.6. The van der Waals surface area contributed by atoms with E-state index in [2.05, 4.69) is 18.5 Å². The molecule has 6 heteroatoms. The largest absolute Gasteiger partial charge is 0.357 e. The van der Waals surface area contributed by atoms with Crippen molar-refractivity contribution in [3.8, 4) is 0 Å². The second-order valence-corrected chi connectivity index (χ2v) is 11.2. The molecule has 2 aromatic carbocycles. The van der Waals surface area contributed by atoms with Crippen LogP contribution in [0.25, 0.3) is 10.9 Å². The molecule has 2 nitrogen and oxygen atoms in total. The standard InChI is InChI=1S/C33H42F4N2/c1-23(2)14-10-8-6-4-3-5-7-9-11-15-24-20-27(34)31(28(35)21-24)33-32-26(18-19-39(33)22-30(36)37)25-16-12-13-17-29(25)38-32/h12-13,16-17,20-21,30,33,38H,1,3-11,14-15,18-19,22H2,2H3. The van der Waals surface area contributed by atoms with Crippen LogP contribution in [-0.2, 0) is 12.8 Å². The number of allylic oxidation sites excluding steroid dienone is 1. The number of aromatic amines is 1. The summed E-state index contributed by atoms with van der Waals surface area (Å²) in [6, 6.07) is 9.57. The molecule has 0 bridgehead atoms. The number of hydrogen-bond acceptors (Lipinski definition) is 1. The van der Waals surface area contributed by atoms with Crippen LogP contribution in [0.4, 0.5) is 17.6 Å². The van der Waals surface area contributed by atoms with E-state index in [9.17, 15) is 8.78 Å². The maximum absolute atomic E-state index is 15.5. The van der Waals surface area contributed by atoms with Crippen molar-refractivity contribution in [1.82, 2.24) is 9.88 Å². The van der Waals surface area contributed by atoms with Gasteiger partial charge in [-0.05, 0) is 68.4 Å². The lowest BCUT2D eigenvalue weighted by atomic mass is 9.90. The first-order valence-corrected chi connectivity index (χ1v) is 14.6. The Morgan fingerprint density at radius 1 is 0.949 bits per heavy atom. The summed E-state index contributed by atoms with van der Waals surface area (Å²) in [5.41, 5.74) is 4.16. The highest BCUT2D eigenvalue weighted by Crippen LogP contribution is 2.40. The maximum Gasteiger partial charge on any atom is 0.251 e. The minimum atomic E-state index is -2.59. The zero-order valence-electron chi connectivity index (χ0n) is 23.2. The molecule has 0 saturated carbocycles. The minimum absolute atomic E-state index is 0.143. The highest BCUT2D eigenvalue weighted by Gasteiger charge is 2.36. The smallest absolute Gasteiger partial charge is 0.251 e. The second kappa shape index (κ2) is 14.2. The number of hydrogen-bond donors (Lipinski definition) is 1. The molecule has 0 aliphatic carbocycles. The molecule has 1 atom stereocenters. The fraction of sp³-hybridized carbons (Fsp3) is 0.515. The predicted octanol–water partition coefficient (Wildman–Crippen LogP) is 9.68. The van der Waals surface area contributed by atoms with Crippen molar-refractivity contribution in [3.05, 3.63) is 82.6 Å². The molecule has 0 fully saturated rings. The van der Waals surface area contributed by atoms with Gasteiger partial charge in [-0.3, -0.25) is 4.90 Å². The van der Waals surface area contributed by atoms with E-state index in [1.165, 1.54) is 61.1 Å². The molecule has 39 heavy (non-hydrogen) atoms. The normalized spacial score (nSPS) is 15.8. The third-order valence-corrected chi connectivity index (χ3v) is 7.99. The third-order valence-electron chi connectivity index (χ3n) is 7.99. The van der Waals surface area contributed by atoms with Crippen molar-refractivity contribution in [1.29, 1.82) is 0 Å². The minimum Gasteiger partial charge on any atom is -0.357 e. The van der Waals surface area contributed by atoms with Gasteiger partial charge < -0.3 is 4.98 Å². The molecule has 1 aliphatic rings. The molecular weight excluding hydrogens is 500 g/mol. The van der Waals surface area contributed by atoms with Gasteiger partial charge in [-0.25, -0.2) is 17.6 Å². The van der Waals surface area contributed by atoms with E-state index in [4.69, 9.17) is 0 Å². The van der Waals surface area contributed by atoms with Crippen LogP contribution in [0.1, 0.15) is 99.6 Å². The Bertz CT molecular complexity index is 1210. The van der Waals surface area contributed by atoms with Crippen molar-refractivity contribution in [3.63, 3.8) is 0 Å². The Labute approximate surface area is 230 Å². The first-order chi connectivity index (χ1) is 18.8. The van der Waals surface area contributed by atoms with Crippen molar-refractivity contribution >= 4 is 10.9 Å². The predicted molar refractivity (Wildman–Crippen MR) is 152 cm³/mol. The molecular formula is C33H42F4N2. The quantitative estimate of drug-likeness (QED) is 0.115. The average molecular weight is 543 g/mol. The summed E-state index contributed by atoms with van der Waals surface area (Å²) in [4.78, 5) is 4.79. The number of H-pyrrole nitrogens is 1. The van der Waals surface area contributed by atoms with E-state index in [0.29, 0.717) is 30.6 Å². The van der Waals surface area contributed by atoms with Crippen LogP contribution in [0, 0.1) is 11.6 Å². The Kier molecular flexibility index (Phi) is 10.7. The van der Waals surface area contributed by atoms with Gasteiger partial charge in [-0.15, -0.1) is 6.58 Å². The van der Waals surface area contributed by atoms with Crippen molar-refractivity contribution in [2.45, 2.75) is 96.4 Å². The second-order valence-electron chi connectivity index (χ2n) is 11.2. The van der Waals surface area contributed by atoms with E-state index < -0.39 is 30.6 Å². The Morgan fingerprint density at radius 3 is 2.21 bits per heavy atom. The fourth-order valence-electron chi connectivity index (χ4n) is 6.03. The summed E-state index contributed by atoms with van der Waals surface area (Å²) in [6.45, 7) is 5.81. The molecule has 0 amide bonds. The molecule has 212 valence electrons. The van der Waals surface area contributed by atoms with Gasteiger partial charge in [-0.2, -0.15) is 0 Å². The lowest BCUT2D eigenvalue weighted by molar-refractivity contribution is 0.0679. The van der Waals surface area contributed by atoms with E-state index in [1.807, 2.05) is 24.3 Å². The highest BCUT2D eigenvalue weighted by atomic mass is 19.3. The third kappa shape index (κ3) is 7.75. The van der Waals surface area contributed by atoms with Crippen LogP contribution in [0.15, 0.2) is 48.6 Å². The number of benzene rings is 2. The maximum atomic E-state index is 15.5. The van der Waals surface area contributed by atoms with Gasteiger partial charge in [0.05, 0.1) is 12.6 Å². The van der Waals surface area contributed by atoms with Gasteiger partial charge in [0.2, 0.25) is 0 Å². The molecule has 1 unspecified atom stereocenters. The van der Waals surface area contributed by atoms with Crippen molar-refractivity contribution < 1.29 is 17.6 Å². The van der Waals surface area contributed by atoms with Gasteiger partial charge in [0.25, 0.3) is 6.43 Å². The number of unbranched alkanes of at least 4 members (excludes halogenated alkanes) is 8. The zero-order valence-corrected chi connectivity index (χ0v) is 23.2. The number of rotatable bonds is 15. The molecule has 4 rings (SSSR count). The molecule has 1 N–H and O–H groups in total. The summed E-state index contributed by atoms with van der Waals surface area (Å²) in [6.07, 6.45) is 10.2. The average Bonchev–Trinajstić information content (AvgIpc) is 3.26. The van der Waals surface area contributed by atoms with E-state index >= 15 is 8.78 Å². The topological polar surface area (TPSA) is 19.0 Å². The zero-order chi connectivity index (χ0) is 27.8. The molecule has 3 aromatic rings. The lowest BCUT2D eigenvalue weighted by Crippen LogP contribution is -2.40. The molecule has 0 saturated heterocycles. The van der Waals surface area contributed by atoms with Crippen LogP contribution in [0.3, 0.4) is 0 Å². The first kappa shape index (κ1) is 29.4. The number of para-hydroxylation sites is 1. The van der Waals surface area contributed by atoms with Crippen LogP contribution in [0.5, 0.6) is 0 Å². The number of nitrogens with one attached hydrogen (secondary N) is 1. The van der Waals surface area contributed by atoms with E-state index in [1.54, 1.807) is 0 Å². The van der Waals surface area contributed by atoms with Gasteiger partial charge in [0, 0.05) is 28.7 Å². The Hall–Kier alpha value is -2.60. The van der Waals surface area contributed by atoms with Gasteiger partial charge in [0.1, 0.15) is 11.6 Å².